The number of hydrogen-bond donors (Lipinski definition) is 1. The van der Waals surface area contributed by atoms with E-state index in [0.29, 0.717) is 0 Å². The van der Waals surface area contributed by atoms with Gasteiger partial charge < -0.3 is 9.73 Å². The van der Waals surface area contributed by atoms with Crippen LogP contribution in [0.5, 0.6) is 0 Å². The highest BCUT2D eigenvalue weighted by Crippen LogP contribution is 2.29. The lowest BCUT2D eigenvalue weighted by molar-refractivity contribution is -0.126. The van der Waals surface area contributed by atoms with Crippen molar-refractivity contribution in [2.45, 2.75) is 45.1 Å². The number of carbonyl (C=O) groups excluding carboxylic acids is 1. The molecule has 0 spiro atoms. The van der Waals surface area contributed by atoms with Crippen molar-refractivity contribution in [3.05, 3.63) is 30.2 Å². The number of fused-ring (bicyclic) bond motifs is 1. The van der Waals surface area contributed by atoms with Gasteiger partial charge in [0, 0.05) is 19.0 Å². The number of nitrogens with zero attached hydrogens (tertiary/aromatic N) is 2. The number of benzene rings is 1. The van der Waals surface area contributed by atoms with Crippen LogP contribution in [0.1, 0.15) is 44.9 Å². The van der Waals surface area contributed by atoms with Crippen LogP contribution in [-0.4, -0.2) is 41.5 Å². The Balaban J connectivity index is 1.69. The monoisotopic (exact) mass is 315 g/mol. The molecular weight excluding hydrogens is 290 g/mol. The molecule has 0 radical (unpaired) electrons. The van der Waals surface area contributed by atoms with Crippen LogP contribution in [0.3, 0.4) is 0 Å². The minimum Gasteiger partial charge on any atom is -0.440 e. The number of para-hydroxylation sites is 2. The topological polar surface area (TPSA) is 58.4 Å². The van der Waals surface area contributed by atoms with Crippen molar-refractivity contribution in [3.8, 4) is 0 Å². The Hall–Kier alpha value is -1.88. The number of aromatic nitrogens is 1. The van der Waals surface area contributed by atoms with Gasteiger partial charge in [-0.15, -0.1) is 0 Å². The zero-order valence-electron chi connectivity index (χ0n) is 13.9. The largest absolute Gasteiger partial charge is 0.440 e. The van der Waals surface area contributed by atoms with Gasteiger partial charge in [0.15, 0.2) is 11.5 Å². The summed E-state index contributed by atoms with van der Waals surface area (Å²) in [5.41, 5.74) is 1.75. The fraction of sp³-hybridized carbons (Fsp3) is 0.556. The van der Waals surface area contributed by atoms with Gasteiger partial charge in [0.05, 0.1) is 6.04 Å². The minimum atomic E-state index is -0.103. The molecule has 2 unspecified atom stereocenters. The van der Waals surface area contributed by atoms with E-state index < -0.39 is 0 Å². The quantitative estimate of drug-likeness (QED) is 0.921. The Bertz CT molecular complexity index is 634. The fourth-order valence-electron chi connectivity index (χ4n) is 3.19. The molecule has 5 nitrogen and oxygen atoms in total. The predicted molar refractivity (Wildman–Crippen MR) is 90.3 cm³/mol. The molecule has 1 saturated heterocycles. The SMILES string of the molecule is CCCNC(=O)C(C)N1CCCC(c2nc3ccccc3o2)C1. The van der Waals surface area contributed by atoms with Gasteiger partial charge in [0.25, 0.3) is 0 Å². The molecular formula is C18H25N3O2. The van der Waals surface area contributed by atoms with Crippen molar-refractivity contribution in [2.75, 3.05) is 19.6 Å². The molecule has 1 fully saturated rings. The first-order valence-corrected chi connectivity index (χ1v) is 8.56. The standard InChI is InChI=1S/C18H25N3O2/c1-3-10-19-17(22)13(2)21-11-6-7-14(12-21)18-20-15-8-4-5-9-16(15)23-18/h4-5,8-9,13-14H,3,6-7,10-12H2,1-2H3,(H,19,22). The summed E-state index contributed by atoms with van der Waals surface area (Å²) in [6, 6.07) is 7.76. The second-order valence-electron chi connectivity index (χ2n) is 6.32. The van der Waals surface area contributed by atoms with Gasteiger partial charge in [-0.25, -0.2) is 4.98 Å². The second kappa shape index (κ2) is 7.13. The second-order valence-corrected chi connectivity index (χ2v) is 6.32. The maximum Gasteiger partial charge on any atom is 0.237 e. The summed E-state index contributed by atoms with van der Waals surface area (Å²) in [7, 11) is 0. The average molecular weight is 315 g/mol. The van der Waals surface area contributed by atoms with Crippen LogP contribution in [0, 0.1) is 0 Å². The zero-order valence-corrected chi connectivity index (χ0v) is 13.9. The molecule has 5 heteroatoms. The van der Waals surface area contributed by atoms with Crippen molar-refractivity contribution in [1.29, 1.82) is 0 Å². The molecule has 1 aromatic carbocycles. The van der Waals surface area contributed by atoms with Gasteiger partial charge in [0.1, 0.15) is 5.52 Å². The van der Waals surface area contributed by atoms with Crippen molar-refractivity contribution < 1.29 is 9.21 Å². The lowest BCUT2D eigenvalue weighted by Gasteiger charge is -2.34. The van der Waals surface area contributed by atoms with Crippen LogP contribution >= 0.6 is 0 Å². The van der Waals surface area contributed by atoms with Crippen LogP contribution in [0.15, 0.2) is 28.7 Å². The predicted octanol–water partition coefficient (Wildman–Crippen LogP) is 2.92. The Morgan fingerprint density at radius 3 is 3.09 bits per heavy atom. The Morgan fingerprint density at radius 2 is 2.30 bits per heavy atom. The molecule has 0 bridgehead atoms. The van der Waals surface area contributed by atoms with Gasteiger partial charge in [0.2, 0.25) is 5.91 Å². The van der Waals surface area contributed by atoms with E-state index in [0.717, 1.165) is 55.9 Å². The number of amides is 1. The van der Waals surface area contributed by atoms with Crippen molar-refractivity contribution in [2.24, 2.45) is 0 Å². The summed E-state index contributed by atoms with van der Waals surface area (Å²) in [6.45, 7) is 6.57. The highest BCUT2D eigenvalue weighted by atomic mass is 16.3. The van der Waals surface area contributed by atoms with Gasteiger partial charge in [-0.3, -0.25) is 9.69 Å². The van der Waals surface area contributed by atoms with E-state index >= 15 is 0 Å². The molecule has 2 heterocycles. The summed E-state index contributed by atoms with van der Waals surface area (Å²) in [5, 5.41) is 2.99. The van der Waals surface area contributed by atoms with E-state index in [4.69, 9.17) is 4.42 Å². The van der Waals surface area contributed by atoms with Gasteiger partial charge >= 0.3 is 0 Å². The molecule has 1 aromatic heterocycles. The molecule has 2 aromatic rings. The van der Waals surface area contributed by atoms with Gasteiger partial charge in [-0.1, -0.05) is 19.1 Å². The molecule has 1 aliphatic heterocycles. The Kier molecular flexibility index (Phi) is 4.96. The van der Waals surface area contributed by atoms with Crippen molar-refractivity contribution in [3.63, 3.8) is 0 Å². The third-order valence-corrected chi connectivity index (χ3v) is 4.59. The minimum absolute atomic E-state index is 0.103. The van der Waals surface area contributed by atoms with E-state index in [-0.39, 0.29) is 17.9 Å². The van der Waals surface area contributed by atoms with Crippen LogP contribution in [-0.2, 0) is 4.79 Å². The molecule has 0 saturated carbocycles. The molecule has 1 aliphatic rings. The number of oxazole rings is 1. The lowest BCUT2D eigenvalue weighted by Crippen LogP contribution is -2.48. The number of hydrogen-bond acceptors (Lipinski definition) is 4. The molecule has 1 N–H and O–H groups in total. The van der Waals surface area contributed by atoms with E-state index in [2.05, 4.69) is 22.1 Å². The average Bonchev–Trinajstić information content (AvgIpc) is 3.03. The molecule has 124 valence electrons. The first-order chi connectivity index (χ1) is 11.2. The first kappa shape index (κ1) is 16.0. The van der Waals surface area contributed by atoms with E-state index in [9.17, 15) is 4.79 Å². The van der Waals surface area contributed by atoms with E-state index in [1.54, 1.807) is 0 Å². The summed E-state index contributed by atoms with van der Waals surface area (Å²) in [5.74, 6) is 1.18. The Labute approximate surface area is 137 Å². The third-order valence-electron chi connectivity index (χ3n) is 4.59. The summed E-state index contributed by atoms with van der Waals surface area (Å²) < 4.78 is 5.92. The number of rotatable bonds is 5. The summed E-state index contributed by atoms with van der Waals surface area (Å²) >= 11 is 0. The molecule has 1 amide bonds. The van der Waals surface area contributed by atoms with Crippen LogP contribution in [0.4, 0.5) is 0 Å². The van der Waals surface area contributed by atoms with E-state index in [1.807, 2.05) is 31.2 Å². The normalized spacial score (nSPS) is 20.5. The lowest BCUT2D eigenvalue weighted by atomic mass is 9.96. The number of likely N-dealkylation sites (tertiary alicyclic amines) is 1. The number of piperidine rings is 1. The molecule has 3 rings (SSSR count). The van der Waals surface area contributed by atoms with Crippen molar-refractivity contribution >= 4 is 17.0 Å². The van der Waals surface area contributed by atoms with Gasteiger partial charge in [-0.2, -0.15) is 0 Å². The summed E-state index contributed by atoms with van der Waals surface area (Å²) in [4.78, 5) is 19.1. The maximum absolute atomic E-state index is 12.2. The summed E-state index contributed by atoms with van der Waals surface area (Å²) in [6.07, 6.45) is 3.09. The van der Waals surface area contributed by atoms with Crippen LogP contribution < -0.4 is 5.32 Å². The Morgan fingerprint density at radius 1 is 1.48 bits per heavy atom. The van der Waals surface area contributed by atoms with Crippen LogP contribution in [0.2, 0.25) is 0 Å². The fourth-order valence-corrected chi connectivity index (χ4v) is 3.19. The highest BCUT2D eigenvalue weighted by molar-refractivity contribution is 5.81. The molecule has 23 heavy (non-hydrogen) atoms. The van der Waals surface area contributed by atoms with Crippen molar-refractivity contribution in [1.82, 2.24) is 15.2 Å². The maximum atomic E-state index is 12.2. The number of carbonyl (C=O) groups is 1. The first-order valence-electron chi connectivity index (χ1n) is 8.56. The smallest absolute Gasteiger partial charge is 0.237 e. The molecule has 2 atom stereocenters. The highest BCUT2D eigenvalue weighted by Gasteiger charge is 2.30. The molecule has 0 aliphatic carbocycles. The zero-order chi connectivity index (χ0) is 16.2. The van der Waals surface area contributed by atoms with E-state index in [1.165, 1.54) is 0 Å². The number of nitrogens with one attached hydrogen (secondary N) is 1. The third kappa shape index (κ3) is 3.55. The van der Waals surface area contributed by atoms with Gasteiger partial charge in [-0.05, 0) is 44.9 Å². The van der Waals surface area contributed by atoms with Crippen LogP contribution in [0.25, 0.3) is 11.1 Å².